The number of aliphatic carboxylic acids is 1. The Hall–Kier alpha value is -1.51. The van der Waals surface area contributed by atoms with Crippen molar-refractivity contribution >= 4 is 12.0 Å². The van der Waals surface area contributed by atoms with E-state index in [0.717, 1.165) is 12.8 Å². The van der Waals surface area contributed by atoms with Gasteiger partial charge in [-0.05, 0) is 31.1 Å². The molecule has 0 amide bonds. The Kier molecular flexibility index (Phi) is 3.98. The normalized spacial score (nSPS) is 11.6. The van der Waals surface area contributed by atoms with Crippen LogP contribution in [0.1, 0.15) is 31.9 Å². The highest BCUT2D eigenvalue weighted by atomic mass is 16.4. The lowest BCUT2D eigenvalue weighted by atomic mass is 10.1. The highest BCUT2D eigenvalue weighted by Gasteiger charge is 2.07. The van der Waals surface area contributed by atoms with Crippen molar-refractivity contribution in [3.63, 3.8) is 0 Å². The average Bonchev–Trinajstić information content (AvgIpc) is 2.64. The molecule has 0 spiro atoms. The quantitative estimate of drug-likeness (QED) is 0.733. The maximum Gasteiger partial charge on any atom is 0.331 e. The number of unbranched alkanes of at least 4 members (excludes halogenated alkanes) is 1. The minimum Gasteiger partial charge on any atom is -0.478 e. The van der Waals surface area contributed by atoms with Gasteiger partial charge in [-0.15, -0.1) is 0 Å². The summed E-state index contributed by atoms with van der Waals surface area (Å²) >= 11 is 0. The van der Waals surface area contributed by atoms with Crippen LogP contribution in [0.3, 0.4) is 0 Å². The zero-order chi connectivity index (χ0) is 10.4. The van der Waals surface area contributed by atoms with Crippen molar-refractivity contribution in [2.45, 2.75) is 26.2 Å². The third kappa shape index (κ3) is 3.09. The van der Waals surface area contributed by atoms with E-state index < -0.39 is 5.97 Å². The lowest BCUT2D eigenvalue weighted by molar-refractivity contribution is -0.132. The summed E-state index contributed by atoms with van der Waals surface area (Å²) in [6.07, 6.45) is 5.58. The molecule has 0 saturated carbocycles. The molecule has 0 bridgehead atoms. The Balaban J connectivity index is 2.72. The summed E-state index contributed by atoms with van der Waals surface area (Å²) in [4.78, 5) is 10.8. The van der Waals surface area contributed by atoms with Crippen LogP contribution in [0.5, 0.6) is 0 Å². The van der Waals surface area contributed by atoms with Crippen LogP contribution in [-0.2, 0) is 4.79 Å². The topological polar surface area (TPSA) is 50.4 Å². The van der Waals surface area contributed by atoms with Crippen LogP contribution in [0.15, 0.2) is 28.4 Å². The van der Waals surface area contributed by atoms with Crippen molar-refractivity contribution < 1.29 is 14.3 Å². The van der Waals surface area contributed by atoms with Gasteiger partial charge in [0.1, 0.15) is 5.76 Å². The number of carbonyl (C=O) groups is 1. The second kappa shape index (κ2) is 5.27. The maximum atomic E-state index is 10.8. The molecule has 0 radical (unpaired) electrons. The molecular weight excluding hydrogens is 180 g/mol. The molecule has 3 nitrogen and oxygen atoms in total. The Labute approximate surface area is 83.0 Å². The summed E-state index contributed by atoms with van der Waals surface area (Å²) in [5.74, 6) is -0.270. The fourth-order valence-corrected chi connectivity index (χ4v) is 1.15. The van der Waals surface area contributed by atoms with E-state index in [9.17, 15) is 4.79 Å². The zero-order valence-corrected chi connectivity index (χ0v) is 8.19. The Bertz CT molecular complexity index is 309. The molecule has 3 heteroatoms. The van der Waals surface area contributed by atoms with Gasteiger partial charge in [0, 0.05) is 5.57 Å². The van der Waals surface area contributed by atoms with Crippen LogP contribution in [0.2, 0.25) is 0 Å². The van der Waals surface area contributed by atoms with Crippen molar-refractivity contribution in [3.8, 4) is 0 Å². The lowest BCUT2D eigenvalue weighted by Gasteiger charge is -1.99. The smallest absolute Gasteiger partial charge is 0.331 e. The van der Waals surface area contributed by atoms with Gasteiger partial charge in [0.05, 0.1) is 6.26 Å². The van der Waals surface area contributed by atoms with Crippen LogP contribution in [0.4, 0.5) is 0 Å². The molecule has 0 unspecified atom stereocenters. The number of hydrogen-bond acceptors (Lipinski definition) is 2. The van der Waals surface area contributed by atoms with Crippen molar-refractivity contribution in [1.29, 1.82) is 0 Å². The number of carboxylic acid groups (broad SMARTS) is 1. The summed E-state index contributed by atoms with van der Waals surface area (Å²) in [6, 6.07) is 3.49. The van der Waals surface area contributed by atoms with Crippen LogP contribution >= 0.6 is 0 Å². The molecule has 0 aliphatic rings. The average molecular weight is 194 g/mol. The lowest BCUT2D eigenvalue weighted by Crippen LogP contribution is -2.00. The number of carboxylic acids is 1. The van der Waals surface area contributed by atoms with Crippen LogP contribution in [0, 0.1) is 0 Å². The van der Waals surface area contributed by atoms with Gasteiger partial charge in [0.25, 0.3) is 0 Å². The first-order chi connectivity index (χ1) is 6.74. The van der Waals surface area contributed by atoms with Gasteiger partial charge < -0.3 is 9.52 Å². The first-order valence-corrected chi connectivity index (χ1v) is 4.71. The molecule has 0 atom stereocenters. The largest absolute Gasteiger partial charge is 0.478 e. The van der Waals surface area contributed by atoms with Gasteiger partial charge in [-0.25, -0.2) is 4.79 Å². The Morgan fingerprint density at radius 2 is 2.43 bits per heavy atom. The van der Waals surface area contributed by atoms with E-state index in [0.29, 0.717) is 17.8 Å². The van der Waals surface area contributed by atoms with Gasteiger partial charge in [0.2, 0.25) is 0 Å². The summed E-state index contributed by atoms with van der Waals surface area (Å²) in [7, 11) is 0. The third-order valence-electron chi connectivity index (χ3n) is 1.93. The van der Waals surface area contributed by atoms with E-state index in [1.807, 2.05) is 6.92 Å². The molecule has 0 fully saturated rings. The number of rotatable bonds is 5. The van der Waals surface area contributed by atoms with Crippen molar-refractivity contribution in [2.75, 3.05) is 0 Å². The predicted octanol–water partition coefficient (Wildman–Crippen LogP) is 2.94. The monoisotopic (exact) mass is 194 g/mol. The highest BCUT2D eigenvalue weighted by Crippen LogP contribution is 2.13. The first-order valence-electron chi connectivity index (χ1n) is 4.71. The fourth-order valence-electron chi connectivity index (χ4n) is 1.15. The minimum atomic E-state index is -0.866. The number of furan rings is 1. The second-order valence-electron chi connectivity index (χ2n) is 3.09. The molecule has 0 saturated heterocycles. The van der Waals surface area contributed by atoms with E-state index in [4.69, 9.17) is 9.52 Å². The van der Waals surface area contributed by atoms with E-state index >= 15 is 0 Å². The zero-order valence-electron chi connectivity index (χ0n) is 8.19. The SMILES string of the molecule is CCCC/C(=C\c1ccco1)C(=O)O. The van der Waals surface area contributed by atoms with Crippen molar-refractivity contribution in [1.82, 2.24) is 0 Å². The van der Waals surface area contributed by atoms with E-state index in [-0.39, 0.29) is 0 Å². The molecular formula is C11H14O3. The number of hydrogen-bond donors (Lipinski definition) is 1. The standard InChI is InChI=1S/C11H14O3/c1-2-3-5-9(11(12)13)8-10-6-4-7-14-10/h4,6-8H,2-3,5H2,1H3,(H,12,13)/b9-8+. The van der Waals surface area contributed by atoms with Gasteiger partial charge in [0.15, 0.2) is 0 Å². The van der Waals surface area contributed by atoms with Crippen LogP contribution in [-0.4, -0.2) is 11.1 Å². The second-order valence-corrected chi connectivity index (χ2v) is 3.09. The fraction of sp³-hybridized carbons (Fsp3) is 0.364. The molecule has 14 heavy (non-hydrogen) atoms. The van der Waals surface area contributed by atoms with E-state index in [1.54, 1.807) is 18.2 Å². The molecule has 1 heterocycles. The van der Waals surface area contributed by atoms with Crippen LogP contribution < -0.4 is 0 Å². The van der Waals surface area contributed by atoms with Crippen molar-refractivity contribution in [2.24, 2.45) is 0 Å². The molecule has 0 aromatic carbocycles. The summed E-state index contributed by atoms with van der Waals surface area (Å²) in [5, 5.41) is 8.89. The Morgan fingerprint density at radius 3 is 2.93 bits per heavy atom. The van der Waals surface area contributed by atoms with Gasteiger partial charge in [-0.2, -0.15) is 0 Å². The first kappa shape index (κ1) is 10.6. The molecule has 1 aromatic heterocycles. The van der Waals surface area contributed by atoms with E-state index in [2.05, 4.69) is 0 Å². The highest BCUT2D eigenvalue weighted by molar-refractivity contribution is 5.91. The summed E-state index contributed by atoms with van der Waals surface area (Å²) < 4.78 is 5.05. The van der Waals surface area contributed by atoms with Gasteiger partial charge in [-0.1, -0.05) is 13.3 Å². The van der Waals surface area contributed by atoms with E-state index in [1.165, 1.54) is 6.26 Å². The summed E-state index contributed by atoms with van der Waals surface area (Å²) in [6.45, 7) is 2.03. The molecule has 76 valence electrons. The molecule has 0 aliphatic carbocycles. The van der Waals surface area contributed by atoms with Crippen LogP contribution in [0.25, 0.3) is 6.08 Å². The molecule has 1 N–H and O–H groups in total. The molecule has 1 rings (SSSR count). The van der Waals surface area contributed by atoms with Gasteiger partial charge in [-0.3, -0.25) is 0 Å². The molecule has 1 aromatic rings. The summed E-state index contributed by atoms with van der Waals surface area (Å²) in [5.41, 5.74) is 0.404. The third-order valence-corrected chi connectivity index (χ3v) is 1.93. The minimum absolute atomic E-state index is 0.404. The molecule has 0 aliphatic heterocycles. The maximum absolute atomic E-state index is 10.8. The predicted molar refractivity (Wildman–Crippen MR) is 53.8 cm³/mol. The van der Waals surface area contributed by atoms with Crippen molar-refractivity contribution in [3.05, 3.63) is 29.7 Å². The Morgan fingerprint density at radius 1 is 1.64 bits per heavy atom. The van der Waals surface area contributed by atoms with Gasteiger partial charge >= 0.3 is 5.97 Å².